The van der Waals surface area contributed by atoms with E-state index in [2.05, 4.69) is 35.8 Å². The van der Waals surface area contributed by atoms with Crippen molar-refractivity contribution in [3.8, 4) is 5.75 Å². The summed E-state index contributed by atoms with van der Waals surface area (Å²) in [7, 11) is 0. The molecular weight excluding hydrogens is 292 g/mol. The maximum atomic E-state index is 10.5. The van der Waals surface area contributed by atoms with Crippen LogP contribution in [-0.4, -0.2) is 36.8 Å². The van der Waals surface area contributed by atoms with Gasteiger partial charge in [0.2, 0.25) is 0 Å². The normalized spacial score (nSPS) is 14.5. The standard InChI is InChI=1S/C18H28N2O3/c1-2-15(19-9-5-3-4-6-18(21)22)12-14-7-8-17-16(13-14)20-10-11-23-17/h7-8,13,15,19-20H,2-6,9-12H2,1H3,(H,21,22). The van der Waals surface area contributed by atoms with Crippen LogP contribution in [-0.2, 0) is 11.2 Å². The number of hydrogen-bond donors (Lipinski definition) is 3. The zero-order valence-electron chi connectivity index (χ0n) is 13.9. The number of fused-ring (bicyclic) bond motifs is 1. The molecule has 23 heavy (non-hydrogen) atoms. The van der Waals surface area contributed by atoms with E-state index in [0.717, 1.165) is 63.2 Å². The smallest absolute Gasteiger partial charge is 0.303 e. The van der Waals surface area contributed by atoms with E-state index in [0.29, 0.717) is 6.04 Å². The SMILES string of the molecule is CCC(Cc1ccc2c(c1)NCCO2)NCCCCCC(=O)O. The van der Waals surface area contributed by atoms with Crippen LogP contribution in [0.3, 0.4) is 0 Å². The lowest BCUT2D eigenvalue weighted by Crippen LogP contribution is -2.31. The van der Waals surface area contributed by atoms with Crippen molar-refractivity contribution in [1.29, 1.82) is 0 Å². The Labute approximate surface area is 138 Å². The second kappa shape index (κ2) is 9.40. The number of unbranched alkanes of at least 4 members (excludes halogenated alkanes) is 2. The molecule has 1 aromatic carbocycles. The maximum Gasteiger partial charge on any atom is 0.303 e. The van der Waals surface area contributed by atoms with Crippen molar-refractivity contribution in [3.63, 3.8) is 0 Å². The minimum atomic E-state index is -0.700. The summed E-state index contributed by atoms with van der Waals surface area (Å²) < 4.78 is 5.61. The molecule has 0 saturated heterocycles. The highest BCUT2D eigenvalue weighted by atomic mass is 16.5. The van der Waals surface area contributed by atoms with Crippen LogP contribution in [0.15, 0.2) is 18.2 Å². The molecule has 1 aromatic rings. The summed E-state index contributed by atoms with van der Waals surface area (Å²) in [6.07, 6.45) is 5.13. The van der Waals surface area contributed by atoms with E-state index in [1.54, 1.807) is 0 Å². The van der Waals surface area contributed by atoms with E-state index < -0.39 is 5.97 Å². The van der Waals surface area contributed by atoms with Crippen LogP contribution in [0.25, 0.3) is 0 Å². The lowest BCUT2D eigenvalue weighted by molar-refractivity contribution is -0.137. The molecule has 3 N–H and O–H groups in total. The predicted molar refractivity (Wildman–Crippen MR) is 92.3 cm³/mol. The largest absolute Gasteiger partial charge is 0.490 e. The van der Waals surface area contributed by atoms with Gasteiger partial charge >= 0.3 is 5.97 Å². The first kappa shape index (κ1) is 17.6. The summed E-state index contributed by atoms with van der Waals surface area (Å²) in [5, 5.41) is 15.6. The molecular formula is C18H28N2O3. The van der Waals surface area contributed by atoms with Crippen LogP contribution in [0.1, 0.15) is 44.6 Å². The number of aliphatic carboxylic acids is 1. The van der Waals surface area contributed by atoms with Gasteiger partial charge in [0, 0.05) is 19.0 Å². The van der Waals surface area contributed by atoms with Gasteiger partial charge in [0.25, 0.3) is 0 Å². The molecule has 128 valence electrons. The van der Waals surface area contributed by atoms with Crippen molar-refractivity contribution in [2.24, 2.45) is 0 Å². The van der Waals surface area contributed by atoms with Crippen molar-refractivity contribution in [1.82, 2.24) is 5.32 Å². The topological polar surface area (TPSA) is 70.6 Å². The number of carboxylic acids is 1. The lowest BCUT2D eigenvalue weighted by Gasteiger charge is -2.21. The quantitative estimate of drug-likeness (QED) is 0.578. The van der Waals surface area contributed by atoms with Gasteiger partial charge in [-0.15, -0.1) is 0 Å². The van der Waals surface area contributed by atoms with E-state index in [4.69, 9.17) is 9.84 Å². The number of hydrogen-bond acceptors (Lipinski definition) is 4. The van der Waals surface area contributed by atoms with Crippen LogP contribution in [0, 0.1) is 0 Å². The van der Waals surface area contributed by atoms with Crippen molar-refractivity contribution < 1.29 is 14.6 Å². The third-order valence-electron chi connectivity index (χ3n) is 4.19. The van der Waals surface area contributed by atoms with Crippen LogP contribution >= 0.6 is 0 Å². The predicted octanol–water partition coefficient (Wildman–Crippen LogP) is 3.05. The first-order valence-electron chi connectivity index (χ1n) is 8.64. The average molecular weight is 320 g/mol. The molecule has 2 rings (SSSR count). The fourth-order valence-electron chi connectivity index (χ4n) is 2.84. The molecule has 0 aliphatic carbocycles. The third-order valence-corrected chi connectivity index (χ3v) is 4.19. The molecule has 0 fully saturated rings. The molecule has 1 unspecified atom stereocenters. The van der Waals surface area contributed by atoms with Gasteiger partial charge in [0.1, 0.15) is 12.4 Å². The van der Waals surface area contributed by atoms with Gasteiger partial charge in [-0.25, -0.2) is 0 Å². The fourth-order valence-corrected chi connectivity index (χ4v) is 2.84. The molecule has 1 heterocycles. The summed E-state index contributed by atoms with van der Waals surface area (Å²) in [6, 6.07) is 6.83. The maximum absolute atomic E-state index is 10.5. The number of benzene rings is 1. The number of carbonyl (C=O) groups is 1. The summed E-state index contributed by atoms with van der Waals surface area (Å²) in [4.78, 5) is 10.5. The molecule has 0 radical (unpaired) electrons. The molecule has 1 aliphatic heterocycles. The molecule has 5 heteroatoms. The van der Waals surface area contributed by atoms with Gasteiger partial charge in [-0.1, -0.05) is 19.4 Å². The monoisotopic (exact) mass is 320 g/mol. The van der Waals surface area contributed by atoms with E-state index in [1.165, 1.54) is 5.56 Å². The van der Waals surface area contributed by atoms with Crippen LogP contribution in [0.2, 0.25) is 0 Å². The highest BCUT2D eigenvalue weighted by molar-refractivity contribution is 5.66. The summed E-state index contributed by atoms with van der Waals surface area (Å²) in [6.45, 7) is 4.74. The van der Waals surface area contributed by atoms with Crippen molar-refractivity contribution in [2.45, 2.75) is 51.5 Å². The fraction of sp³-hybridized carbons (Fsp3) is 0.611. The zero-order chi connectivity index (χ0) is 16.5. The summed E-state index contributed by atoms with van der Waals surface area (Å²) in [5.41, 5.74) is 2.41. The van der Waals surface area contributed by atoms with Crippen LogP contribution in [0.4, 0.5) is 5.69 Å². The highest BCUT2D eigenvalue weighted by Crippen LogP contribution is 2.28. The van der Waals surface area contributed by atoms with Crippen molar-refractivity contribution in [2.75, 3.05) is 25.0 Å². The molecule has 0 saturated carbocycles. The number of ether oxygens (including phenoxy) is 1. The average Bonchev–Trinajstić information content (AvgIpc) is 2.56. The van der Waals surface area contributed by atoms with Crippen molar-refractivity contribution >= 4 is 11.7 Å². The summed E-state index contributed by atoms with van der Waals surface area (Å²) >= 11 is 0. The van der Waals surface area contributed by atoms with E-state index >= 15 is 0 Å². The molecule has 0 spiro atoms. The number of anilines is 1. The Bertz CT molecular complexity index is 505. The highest BCUT2D eigenvalue weighted by Gasteiger charge is 2.12. The molecule has 0 amide bonds. The second-order valence-electron chi connectivity index (χ2n) is 6.07. The Morgan fingerprint density at radius 2 is 2.26 bits per heavy atom. The Kier molecular flexibility index (Phi) is 7.20. The Hall–Kier alpha value is -1.75. The van der Waals surface area contributed by atoms with Gasteiger partial charge < -0.3 is 20.5 Å². The third kappa shape index (κ3) is 6.10. The Morgan fingerprint density at radius 1 is 1.39 bits per heavy atom. The number of rotatable bonds is 10. The minimum absolute atomic E-state index is 0.279. The first-order valence-corrected chi connectivity index (χ1v) is 8.64. The first-order chi connectivity index (χ1) is 11.2. The molecule has 1 aliphatic rings. The summed E-state index contributed by atoms with van der Waals surface area (Å²) in [5.74, 6) is 0.244. The van der Waals surface area contributed by atoms with Crippen LogP contribution < -0.4 is 15.4 Å². The van der Waals surface area contributed by atoms with E-state index in [-0.39, 0.29) is 6.42 Å². The Morgan fingerprint density at radius 3 is 3.04 bits per heavy atom. The zero-order valence-corrected chi connectivity index (χ0v) is 13.9. The molecule has 5 nitrogen and oxygen atoms in total. The molecule has 0 aromatic heterocycles. The second-order valence-corrected chi connectivity index (χ2v) is 6.07. The minimum Gasteiger partial charge on any atom is -0.490 e. The van der Waals surface area contributed by atoms with Gasteiger partial charge in [0.15, 0.2) is 0 Å². The molecule has 1 atom stereocenters. The van der Waals surface area contributed by atoms with Crippen LogP contribution in [0.5, 0.6) is 5.75 Å². The van der Waals surface area contributed by atoms with Gasteiger partial charge in [0.05, 0.1) is 5.69 Å². The van der Waals surface area contributed by atoms with Gasteiger partial charge in [-0.3, -0.25) is 4.79 Å². The Balaban J connectivity index is 1.72. The molecule has 0 bridgehead atoms. The lowest BCUT2D eigenvalue weighted by atomic mass is 10.0. The van der Waals surface area contributed by atoms with Gasteiger partial charge in [-0.05, 0) is 49.9 Å². The van der Waals surface area contributed by atoms with E-state index in [9.17, 15) is 4.79 Å². The van der Waals surface area contributed by atoms with Crippen molar-refractivity contribution in [3.05, 3.63) is 23.8 Å². The number of nitrogens with one attached hydrogen (secondary N) is 2. The van der Waals surface area contributed by atoms with E-state index in [1.807, 2.05) is 0 Å². The van der Waals surface area contributed by atoms with Gasteiger partial charge in [-0.2, -0.15) is 0 Å². The number of carboxylic acid groups (broad SMARTS) is 1.